The highest BCUT2D eigenvalue weighted by Crippen LogP contribution is 2.24. The van der Waals surface area contributed by atoms with Gasteiger partial charge in [-0.2, -0.15) is 0 Å². The van der Waals surface area contributed by atoms with Gasteiger partial charge in [0.25, 0.3) is 0 Å². The van der Waals surface area contributed by atoms with Gasteiger partial charge in [0, 0.05) is 13.2 Å². The fourth-order valence-electron chi connectivity index (χ4n) is 1.79. The molecule has 0 radical (unpaired) electrons. The molecule has 2 heteroatoms. The Morgan fingerprint density at radius 2 is 1.31 bits per heavy atom. The highest BCUT2D eigenvalue weighted by molar-refractivity contribution is 4.78. The molecule has 2 saturated heterocycles. The Bertz CT molecular complexity index is 99.3. The van der Waals surface area contributed by atoms with Crippen LogP contribution in [0.15, 0.2) is 0 Å². The largest absolute Gasteiger partial charge is 0.376 e. The summed E-state index contributed by atoms with van der Waals surface area (Å²) in [5.74, 6) is 0. The molecule has 2 atom stereocenters. The van der Waals surface area contributed by atoms with Gasteiger partial charge in [0.15, 0.2) is 0 Å². The average molecular weight is 186 g/mol. The first-order valence-corrected chi connectivity index (χ1v) is 5.61. The van der Waals surface area contributed by atoms with Crippen LogP contribution < -0.4 is 0 Å². The highest BCUT2D eigenvalue weighted by Gasteiger charge is 2.28. The Morgan fingerprint density at radius 3 is 1.54 bits per heavy atom. The van der Waals surface area contributed by atoms with Gasteiger partial charge >= 0.3 is 0 Å². The Hall–Kier alpha value is -0.0800. The average Bonchev–Trinajstić information content (AvgIpc) is 2.78. The van der Waals surface area contributed by atoms with Crippen LogP contribution >= 0.6 is 0 Å². The zero-order chi connectivity index (χ0) is 9.52. The monoisotopic (exact) mass is 186 g/mol. The fourth-order valence-corrected chi connectivity index (χ4v) is 1.79. The number of ether oxygens (including phenoxy) is 2. The molecule has 0 N–H and O–H groups in total. The molecule has 2 aliphatic heterocycles. The SMILES string of the molecule is C1COC(C2CCCO2)C1.CCC. The van der Waals surface area contributed by atoms with Crippen LogP contribution in [0.5, 0.6) is 0 Å². The normalized spacial score (nSPS) is 32.8. The molecule has 0 saturated carbocycles. The van der Waals surface area contributed by atoms with Crippen molar-refractivity contribution in [1.29, 1.82) is 0 Å². The molecule has 2 rings (SSSR count). The molecule has 78 valence electrons. The maximum Gasteiger partial charge on any atom is 0.0837 e. The summed E-state index contributed by atoms with van der Waals surface area (Å²) in [5, 5.41) is 0. The van der Waals surface area contributed by atoms with Crippen LogP contribution in [0.1, 0.15) is 46.0 Å². The lowest BCUT2D eigenvalue weighted by molar-refractivity contribution is -0.0173. The molecule has 0 amide bonds. The second-order valence-electron chi connectivity index (χ2n) is 3.81. The summed E-state index contributed by atoms with van der Waals surface area (Å²) in [6, 6.07) is 0. The van der Waals surface area contributed by atoms with E-state index in [0.29, 0.717) is 12.2 Å². The minimum Gasteiger partial charge on any atom is -0.376 e. The van der Waals surface area contributed by atoms with Crippen molar-refractivity contribution in [3.05, 3.63) is 0 Å². The van der Waals surface area contributed by atoms with Crippen LogP contribution in [0.4, 0.5) is 0 Å². The smallest absolute Gasteiger partial charge is 0.0837 e. The minimum atomic E-state index is 0.433. The predicted octanol–water partition coefficient (Wildman–Crippen LogP) is 2.76. The summed E-state index contributed by atoms with van der Waals surface area (Å²) in [4.78, 5) is 0. The Morgan fingerprint density at radius 1 is 0.923 bits per heavy atom. The molecule has 13 heavy (non-hydrogen) atoms. The Balaban J connectivity index is 0.000000251. The van der Waals surface area contributed by atoms with Gasteiger partial charge in [-0.25, -0.2) is 0 Å². The standard InChI is InChI=1S/C8H14O2.C3H8/c1-3-7(9-5-1)8-4-2-6-10-8;1-3-2/h7-8H,1-6H2;3H2,1-2H3. The molecule has 0 spiro atoms. The maximum absolute atomic E-state index is 5.51. The van der Waals surface area contributed by atoms with Gasteiger partial charge in [-0.1, -0.05) is 20.3 Å². The van der Waals surface area contributed by atoms with E-state index in [1.807, 2.05) is 0 Å². The van der Waals surface area contributed by atoms with Crippen LogP contribution in [-0.2, 0) is 9.47 Å². The van der Waals surface area contributed by atoms with E-state index in [9.17, 15) is 0 Å². The minimum absolute atomic E-state index is 0.433. The van der Waals surface area contributed by atoms with Crippen molar-refractivity contribution in [2.24, 2.45) is 0 Å². The van der Waals surface area contributed by atoms with Crippen molar-refractivity contribution in [1.82, 2.24) is 0 Å². The van der Waals surface area contributed by atoms with Crippen LogP contribution in [0.25, 0.3) is 0 Å². The molecule has 2 unspecified atom stereocenters. The topological polar surface area (TPSA) is 18.5 Å². The Kier molecular flexibility index (Phi) is 5.40. The third-order valence-electron chi connectivity index (χ3n) is 2.34. The highest BCUT2D eigenvalue weighted by atomic mass is 16.5. The van der Waals surface area contributed by atoms with E-state index in [-0.39, 0.29) is 0 Å². The summed E-state index contributed by atoms with van der Waals surface area (Å²) >= 11 is 0. The summed E-state index contributed by atoms with van der Waals surface area (Å²) < 4.78 is 11.0. The van der Waals surface area contributed by atoms with Crippen LogP contribution in [0.3, 0.4) is 0 Å². The first-order valence-electron chi connectivity index (χ1n) is 5.61. The lowest BCUT2D eigenvalue weighted by Crippen LogP contribution is -2.23. The van der Waals surface area contributed by atoms with Gasteiger partial charge < -0.3 is 9.47 Å². The summed E-state index contributed by atoms with van der Waals surface area (Å²) in [5.41, 5.74) is 0. The van der Waals surface area contributed by atoms with E-state index in [4.69, 9.17) is 9.47 Å². The second-order valence-corrected chi connectivity index (χ2v) is 3.81. The quantitative estimate of drug-likeness (QED) is 0.627. The molecule has 2 fully saturated rings. The lowest BCUT2D eigenvalue weighted by Gasteiger charge is -2.15. The summed E-state index contributed by atoms with van der Waals surface area (Å²) in [6.45, 7) is 6.15. The molecular formula is C11H22O2. The van der Waals surface area contributed by atoms with E-state index in [1.54, 1.807) is 0 Å². The molecule has 0 aromatic carbocycles. The summed E-state index contributed by atoms with van der Waals surface area (Å²) in [7, 11) is 0. The lowest BCUT2D eigenvalue weighted by atomic mass is 10.1. The molecule has 0 aliphatic carbocycles. The van der Waals surface area contributed by atoms with Gasteiger partial charge in [-0.15, -0.1) is 0 Å². The zero-order valence-electron chi connectivity index (χ0n) is 8.92. The van der Waals surface area contributed by atoms with E-state index in [0.717, 1.165) is 13.2 Å². The van der Waals surface area contributed by atoms with Gasteiger partial charge in [-0.05, 0) is 25.7 Å². The molecule has 0 aromatic rings. The van der Waals surface area contributed by atoms with Crippen LogP contribution in [0, 0.1) is 0 Å². The molecular weight excluding hydrogens is 164 g/mol. The molecule has 2 aliphatic rings. The van der Waals surface area contributed by atoms with Crippen molar-refractivity contribution >= 4 is 0 Å². The van der Waals surface area contributed by atoms with E-state index >= 15 is 0 Å². The number of rotatable bonds is 1. The van der Waals surface area contributed by atoms with E-state index in [2.05, 4.69) is 13.8 Å². The van der Waals surface area contributed by atoms with Crippen molar-refractivity contribution in [2.75, 3.05) is 13.2 Å². The first kappa shape index (κ1) is 11.0. The second kappa shape index (κ2) is 6.39. The van der Waals surface area contributed by atoms with Crippen LogP contribution in [0.2, 0.25) is 0 Å². The van der Waals surface area contributed by atoms with Gasteiger partial charge in [0.2, 0.25) is 0 Å². The van der Waals surface area contributed by atoms with Gasteiger partial charge in [-0.3, -0.25) is 0 Å². The van der Waals surface area contributed by atoms with E-state index in [1.165, 1.54) is 32.1 Å². The molecule has 0 bridgehead atoms. The molecule has 2 nitrogen and oxygen atoms in total. The number of hydrogen-bond acceptors (Lipinski definition) is 2. The first-order chi connectivity index (χ1) is 6.38. The fraction of sp³-hybridized carbons (Fsp3) is 1.00. The number of hydrogen-bond donors (Lipinski definition) is 0. The van der Waals surface area contributed by atoms with E-state index < -0.39 is 0 Å². The van der Waals surface area contributed by atoms with Gasteiger partial charge in [0.05, 0.1) is 12.2 Å². The van der Waals surface area contributed by atoms with Crippen molar-refractivity contribution in [3.63, 3.8) is 0 Å². The van der Waals surface area contributed by atoms with Crippen molar-refractivity contribution < 1.29 is 9.47 Å². The Labute approximate surface area is 81.6 Å². The van der Waals surface area contributed by atoms with Crippen molar-refractivity contribution in [2.45, 2.75) is 58.2 Å². The van der Waals surface area contributed by atoms with Crippen molar-refractivity contribution in [3.8, 4) is 0 Å². The van der Waals surface area contributed by atoms with Gasteiger partial charge in [0.1, 0.15) is 0 Å². The third-order valence-corrected chi connectivity index (χ3v) is 2.34. The molecule has 2 heterocycles. The maximum atomic E-state index is 5.51. The molecule has 0 aromatic heterocycles. The zero-order valence-corrected chi connectivity index (χ0v) is 8.92. The summed E-state index contributed by atoms with van der Waals surface area (Å²) in [6.07, 6.45) is 7.00. The van der Waals surface area contributed by atoms with Crippen LogP contribution in [-0.4, -0.2) is 25.4 Å². The third kappa shape index (κ3) is 3.65. The predicted molar refractivity (Wildman–Crippen MR) is 53.9 cm³/mol.